The van der Waals surface area contributed by atoms with E-state index in [1.54, 1.807) is 30.4 Å². The van der Waals surface area contributed by atoms with Crippen LogP contribution in [0.4, 0.5) is 0 Å². The zero-order valence-corrected chi connectivity index (χ0v) is 16.7. The van der Waals surface area contributed by atoms with E-state index in [-0.39, 0.29) is 19.0 Å². The topological polar surface area (TPSA) is 71.1 Å². The van der Waals surface area contributed by atoms with E-state index in [2.05, 4.69) is 31.9 Å². The Morgan fingerprint density at radius 2 is 1.85 bits per heavy atom. The van der Waals surface area contributed by atoms with E-state index in [0.29, 0.717) is 37.4 Å². The Labute approximate surface area is 165 Å². The summed E-state index contributed by atoms with van der Waals surface area (Å²) in [5.41, 5.74) is 0.0900. The van der Waals surface area contributed by atoms with Crippen molar-refractivity contribution in [1.29, 1.82) is 0 Å². The lowest BCUT2D eigenvalue weighted by Crippen LogP contribution is -2.28. The number of hydrogen-bond acceptors (Lipinski definition) is 6. The van der Waals surface area contributed by atoms with E-state index in [4.69, 9.17) is 18.9 Å². The van der Waals surface area contributed by atoms with E-state index in [9.17, 15) is 9.59 Å². The normalized spacial score (nSPS) is 20.0. The SMILES string of the molecule is COC(=O)C1=C(c2ccc3c(c2)OCO3)OC2(C=C(Br)C(=O)C(Br)=C2)C1. The van der Waals surface area contributed by atoms with Gasteiger partial charge in [0.2, 0.25) is 12.6 Å². The summed E-state index contributed by atoms with van der Waals surface area (Å²) in [6, 6.07) is 5.30. The molecule has 8 heteroatoms. The zero-order chi connectivity index (χ0) is 18.5. The Hall–Kier alpha value is -2.06. The molecule has 1 aliphatic carbocycles. The Kier molecular flexibility index (Phi) is 4.19. The van der Waals surface area contributed by atoms with Crippen LogP contribution >= 0.6 is 31.9 Å². The van der Waals surface area contributed by atoms with Crippen molar-refractivity contribution in [3.63, 3.8) is 0 Å². The van der Waals surface area contributed by atoms with Crippen LogP contribution in [0.5, 0.6) is 11.5 Å². The molecule has 0 N–H and O–H groups in total. The number of fused-ring (bicyclic) bond motifs is 1. The molecule has 134 valence electrons. The number of methoxy groups -OCH3 is 1. The van der Waals surface area contributed by atoms with Crippen LogP contribution in [0, 0.1) is 0 Å². The molecule has 0 fully saturated rings. The highest BCUT2D eigenvalue weighted by Gasteiger charge is 2.44. The fourth-order valence-electron chi connectivity index (χ4n) is 3.08. The second kappa shape index (κ2) is 6.28. The van der Waals surface area contributed by atoms with Crippen LogP contribution in [0.25, 0.3) is 5.76 Å². The molecule has 0 atom stereocenters. The van der Waals surface area contributed by atoms with Gasteiger partial charge in [0.05, 0.1) is 21.6 Å². The molecule has 3 aliphatic rings. The molecule has 1 aromatic rings. The molecule has 1 aromatic carbocycles. The van der Waals surface area contributed by atoms with E-state index in [1.807, 2.05) is 0 Å². The van der Waals surface area contributed by atoms with Crippen molar-refractivity contribution in [3.05, 3.63) is 50.5 Å². The number of hydrogen-bond donors (Lipinski definition) is 0. The minimum Gasteiger partial charge on any atom is -0.477 e. The average molecular weight is 484 g/mol. The predicted octanol–water partition coefficient (Wildman–Crippen LogP) is 3.60. The second-order valence-corrected chi connectivity index (χ2v) is 7.62. The van der Waals surface area contributed by atoms with Crippen molar-refractivity contribution < 1.29 is 28.5 Å². The second-order valence-electron chi connectivity index (χ2n) is 5.91. The summed E-state index contributed by atoms with van der Waals surface area (Å²) >= 11 is 6.52. The summed E-state index contributed by atoms with van der Waals surface area (Å²) in [6.45, 7) is 0.153. The number of halogens is 2. The summed E-state index contributed by atoms with van der Waals surface area (Å²) < 4.78 is 22.6. The number of Topliss-reactive ketones (excluding diaryl/α,β-unsaturated/α-hetero) is 1. The lowest BCUT2D eigenvalue weighted by atomic mass is 9.91. The Morgan fingerprint density at radius 3 is 2.54 bits per heavy atom. The third-order valence-electron chi connectivity index (χ3n) is 4.26. The van der Waals surface area contributed by atoms with Gasteiger partial charge in [-0.25, -0.2) is 4.79 Å². The fourth-order valence-corrected chi connectivity index (χ4v) is 4.55. The number of ketones is 1. The maximum Gasteiger partial charge on any atom is 0.337 e. The third-order valence-corrected chi connectivity index (χ3v) is 5.44. The number of carbonyl (C=O) groups excluding carboxylic acids is 2. The summed E-state index contributed by atoms with van der Waals surface area (Å²) in [5.74, 6) is 0.930. The molecule has 6 nitrogen and oxygen atoms in total. The summed E-state index contributed by atoms with van der Waals surface area (Å²) in [5, 5.41) is 0. The molecular weight excluding hydrogens is 472 g/mol. The minimum atomic E-state index is -0.958. The van der Waals surface area contributed by atoms with Gasteiger partial charge in [0.15, 0.2) is 17.1 Å². The maximum atomic E-state index is 12.3. The van der Waals surface area contributed by atoms with Gasteiger partial charge in [0.25, 0.3) is 0 Å². The maximum absolute atomic E-state index is 12.3. The van der Waals surface area contributed by atoms with Gasteiger partial charge in [-0.2, -0.15) is 0 Å². The van der Waals surface area contributed by atoms with Crippen LogP contribution in [-0.4, -0.2) is 31.3 Å². The molecule has 1 spiro atoms. The lowest BCUT2D eigenvalue weighted by Gasteiger charge is -2.27. The number of carbonyl (C=O) groups is 2. The molecule has 0 amide bonds. The van der Waals surface area contributed by atoms with Gasteiger partial charge in [-0.1, -0.05) is 0 Å². The monoisotopic (exact) mass is 482 g/mol. The van der Waals surface area contributed by atoms with Crippen LogP contribution in [0.1, 0.15) is 12.0 Å². The van der Waals surface area contributed by atoms with Crippen molar-refractivity contribution in [2.45, 2.75) is 12.0 Å². The number of ether oxygens (including phenoxy) is 4. The molecule has 2 heterocycles. The third kappa shape index (κ3) is 2.77. The molecule has 0 unspecified atom stereocenters. The van der Waals surface area contributed by atoms with Crippen molar-refractivity contribution in [1.82, 2.24) is 0 Å². The molecule has 0 aromatic heterocycles. The Bertz CT molecular complexity index is 906. The van der Waals surface area contributed by atoms with Crippen LogP contribution in [0.3, 0.4) is 0 Å². The van der Waals surface area contributed by atoms with Gasteiger partial charge in [0, 0.05) is 12.0 Å². The first kappa shape index (κ1) is 17.4. The number of allylic oxidation sites excluding steroid dienone is 2. The number of esters is 1. The van der Waals surface area contributed by atoms with E-state index in [0.717, 1.165) is 0 Å². The van der Waals surface area contributed by atoms with Crippen molar-refractivity contribution in [3.8, 4) is 11.5 Å². The first-order chi connectivity index (χ1) is 12.4. The highest BCUT2D eigenvalue weighted by Crippen LogP contribution is 2.47. The molecule has 2 aliphatic heterocycles. The van der Waals surface area contributed by atoms with Crippen LogP contribution < -0.4 is 9.47 Å². The number of benzene rings is 1. The summed E-state index contributed by atoms with van der Waals surface area (Å²) in [6.07, 6.45) is 3.55. The summed E-state index contributed by atoms with van der Waals surface area (Å²) in [4.78, 5) is 24.3. The fraction of sp³-hybridized carbons (Fsp3) is 0.222. The van der Waals surface area contributed by atoms with Gasteiger partial charge < -0.3 is 18.9 Å². The van der Waals surface area contributed by atoms with E-state index in [1.165, 1.54) is 7.11 Å². The standard InChI is InChI=1S/C18H12Br2O6/c1-23-17(22)10-5-18(6-11(19)15(21)12(20)7-18)26-16(10)9-2-3-13-14(4-9)25-8-24-13/h2-4,6-7H,5,8H2,1H3. The average Bonchev–Trinajstić information content (AvgIpc) is 3.23. The molecule has 0 bridgehead atoms. The van der Waals surface area contributed by atoms with Gasteiger partial charge in [-0.15, -0.1) is 0 Å². The van der Waals surface area contributed by atoms with Gasteiger partial charge >= 0.3 is 5.97 Å². The summed E-state index contributed by atoms with van der Waals surface area (Å²) in [7, 11) is 1.32. The van der Waals surface area contributed by atoms with Crippen LogP contribution in [-0.2, 0) is 19.1 Å². The predicted molar refractivity (Wildman–Crippen MR) is 99.0 cm³/mol. The van der Waals surface area contributed by atoms with Crippen molar-refractivity contribution >= 4 is 49.4 Å². The molecule has 0 saturated carbocycles. The van der Waals surface area contributed by atoms with E-state index >= 15 is 0 Å². The van der Waals surface area contributed by atoms with Gasteiger partial charge in [-0.3, -0.25) is 4.79 Å². The highest BCUT2D eigenvalue weighted by molar-refractivity contribution is 9.13. The quantitative estimate of drug-likeness (QED) is 0.598. The molecular formula is C18H12Br2O6. The van der Waals surface area contributed by atoms with Crippen molar-refractivity contribution in [2.75, 3.05) is 13.9 Å². The zero-order valence-electron chi connectivity index (χ0n) is 13.5. The Balaban J connectivity index is 1.78. The van der Waals surface area contributed by atoms with E-state index < -0.39 is 11.6 Å². The Morgan fingerprint density at radius 1 is 1.15 bits per heavy atom. The molecule has 26 heavy (non-hydrogen) atoms. The van der Waals surface area contributed by atoms with Crippen LogP contribution in [0.15, 0.2) is 44.9 Å². The minimum absolute atomic E-state index is 0.153. The molecule has 0 saturated heterocycles. The molecule has 0 radical (unpaired) electrons. The first-order valence-electron chi connectivity index (χ1n) is 7.64. The first-order valence-corrected chi connectivity index (χ1v) is 9.23. The van der Waals surface area contributed by atoms with Crippen molar-refractivity contribution in [2.24, 2.45) is 0 Å². The highest BCUT2D eigenvalue weighted by atomic mass is 79.9. The van der Waals surface area contributed by atoms with Gasteiger partial charge in [-0.05, 0) is 62.2 Å². The smallest absolute Gasteiger partial charge is 0.337 e. The molecule has 4 rings (SSSR count). The largest absolute Gasteiger partial charge is 0.477 e. The lowest BCUT2D eigenvalue weighted by molar-refractivity contribution is -0.136. The van der Waals surface area contributed by atoms with Gasteiger partial charge in [0.1, 0.15) is 5.76 Å². The van der Waals surface area contributed by atoms with Crippen LogP contribution in [0.2, 0.25) is 0 Å². The number of rotatable bonds is 2.